The zero-order valence-electron chi connectivity index (χ0n) is 15.1. The lowest BCUT2D eigenvalue weighted by molar-refractivity contribution is 0.0573. The molecule has 1 amide bonds. The van der Waals surface area contributed by atoms with Gasteiger partial charge >= 0.3 is 0 Å². The fourth-order valence-corrected chi connectivity index (χ4v) is 3.88. The minimum atomic E-state index is 0. The van der Waals surface area contributed by atoms with Gasteiger partial charge in [0.05, 0.1) is 5.75 Å². The van der Waals surface area contributed by atoms with E-state index in [0.717, 1.165) is 24.3 Å². The van der Waals surface area contributed by atoms with Gasteiger partial charge in [-0.05, 0) is 49.9 Å². The molecule has 0 bridgehead atoms. The molecule has 2 N–H and O–H groups in total. The van der Waals surface area contributed by atoms with E-state index in [2.05, 4.69) is 17.1 Å². The average molecular weight is 397 g/mol. The van der Waals surface area contributed by atoms with Crippen LogP contribution in [0.15, 0.2) is 33.7 Å². The van der Waals surface area contributed by atoms with E-state index in [0.29, 0.717) is 35.5 Å². The van der Waals surface area contributed by atoms with Crippen LogP contribution in [0, 0.1) is 12.8 Å². The number of piperidine rings is 1. The lowest BCUT2D eigenvalue weighted by atomic mass is 9.92. The van der Waals surface area contributed by atoms with Crippen LogP contribution in [0.5, 0.6) is 0 Å². The second-order valence-corrected chi connectivity index (χ2v) is 7.61. The smallest absolute Gasteiger partial charge is 0.254 e. The number of aryl methyl sites for hydroxylation is 1. The van der Waals surface area contributed by atoms with E-state index in [1.165, 1.54) is 0 Å². The molecule has 3 rings (SSSR count). The third kappa shape index (κ3) is 4.99. The SMILES string of the molecule is Cc1noc(CSc2ccc(C(=O)N3CCC(C)CC3CN)cc2)n1.Cl. The maximum absolute atomic E-state index is 12.8. The fraction of sp³-hybridized carbons (Fsp3) is 0.500. The van der Waals surface area contributed by atoms with Crippen molar-refractivity contribution in [2.24, 2.45) is 11.7 Å². The van der Waals surface area contributed by atoms with Crippen molar-refractivity contribution in [2.75, 3.05) is 13.1 Å². The standard InChI is InChI=1S/C18H24N4O2S.ClH/c1-12-7-8-22(15(9-12)10-19)18(23)14-3-5-16(6-4-14)25-11-17-20-13(2)21-24-17;/h3-6,12,15H,7-11,19H2,1-2H3;1H. The summed E-state index contributed by atoms with van der Waals surface area (Å²) in [5.74, 6) is 2.57. The third-order valence-corrected chi connectivity index (χ3v) is 5.54. The molecule has 142 valence electrons. The molecule has 1 aromatic heterocycles. The summed E-state index contributed by atoms with van der Waals surface area (Å²) in [6.07, 6.45) is 2.03. The molecule has 2 unspecified atom stereocenters. The maximum Gasteiger partial charge on any atom is 0.254 e. The largest absolute Gasteiger partial charge is 0.338 e. The number of rotatable bonds is 5. The minimum Gasteiger partial charge on any atom is -0.338 e. The van der Waals surface area contributed by atoms with Crippen LogP contribution in [0.1, 0.15) is 41.8 Å². The van der Waals surface area contributed by atoms with Crippen molar-refractivity contribution in [1.82, 2.24) is 15.0 Å². The highest BCUT2D eigenvalue weighted by atomic mass is 35.5. The molecular formula is C18H25ClN4O2S. The zero-order valence-corrected chi connectivity index (χ0v) is 16.7. The molecule has 1 aromatic carbocycles. The highest BCUT2D eigenvalue weighted by Crippen LogP contribution is 2.26. The van der Waals surface area contributed by atoms with E-state index in [1.54, 1.807) is 18.7 Å². The first kappa shape index (κ1) is 20.7. The first-order valence-electron chi connectivity index (χ1n) is 8.60. The van der Waals surface area contributed by atoms with Crippen LogP contribution < -0.4 is 5.73 Å². The highest BCUT2D eigenvalue weighted by Gasteiger charge is 2.29. The zero-order chi connectivity index (χ0) is 17.8. The molecule has 1 aliphatic rings. The number of carbonyl (C=O) groups is 1. The first-order chi connectivity index (χ1) is 12.1. The molecule has 2 heterocycles. The molecule has 0 spiro atoms. The van der Waals surface area contributed by atoms with E-state index in [9.17, 15) is 4.79 Å². The van der Waals surface area contributed by atoms with Crippen LogP contribution in [0.25, 0.3) is 0 Å². The van der Waals surface area contributed by atoms with Crippen LogP contribution in [-0.2, 0) is 5.75 Å². The molecular weight excluding hydrogens is 372 g/mol. The molecule has 0 aliphatic carbocycles. The summed E-state index contributed by atoms with van der Waals surface area (Å²) in [7, 11) is 0. The number of nitrogens with two attached hydrogens (primary N) is 1. The van der Waals surface area contributed by atoms with Crippen molar-refractivity contribution in [3.05, 3.63) is 41.5 Å². The molecule has 2 atom stereocenters. The summed E-state index contributed by atoms with van der Waals surface area (Å²) in [5, 5.41) is 3.78. The van der Waals surface area contributed by atoms with Gasteiger partial charge in [-0.1, -0.05) is 12.1 Å². The van der Waals surface area contributed by atoms with Crippen LogP contribution in [-0.4, -0.2) is 40.1 Å². The van der Waals surface area contributed by atoms with Crippen LogP contribution in [0.4, 0.5) is 0 Å². The Bertz CT molecular complexity index is 722. The predicted octanol–water partition coefficient (Wildman–Crippen LogP) is 3.29. The van der Waals surface area contributed by atoms with Gasteiger partial charge < -0.3 is 15.2 Å². The summed E-state index contributed by atoms with van der Waals surface area (Å²) in [5.41, 5.74) is 6.59. The molecule has 0 saturated carbocycles. The van der Waals surface area contributed by atoms with Gasteiger partial charge in [-0.3, -0.25) is 4.79 Å². The molecule has 1 fully saturated rings. The van der Waals surface area contributed by atoms with Gasteiger partial charge in [0.15, 0.2) is 5.82 Å². The van der Waals surface area contributed by atoms with E-state index >= 15 is 0 Å². The number of aromatic nitrogens is 2. The summed E-state index contributed by atoms with van der Waals surface area (Å²) in [6, 6.07) is 7.84. The topological polar surface area (TPSA) is 85.2 Å². The van der Waals surface area contributed by atoms with E-state index in [1.807, 2.05) is 29.2 Å². The number of likely N-dealkylation sites (tertiary alicyclic amines) is 1. The Morgan fingerprint density at radius 1 is 1.38 bits per heavy atom. The van der Waals surface area contributed by atoms with Gasteiger partial charge in [0.25, 0.3) is 5.91 Å². The normalized spacial score (nSPS) is 19.9. The fourth-order valence-electron chi connectivity index (χ4n) is 3.15. The third-order valence-electron chi connectivity index (χ3n) is 4.54. The first-order valence-corrected chi connectivity index (χ1v) is 9.58. The Morgan fingerprint density at radius 3 is 2.73 bits per heavy atom. The number of hydrogen-bond donors (Lipinski definition) is 1. The summed E-state index contributed by atoms with van der Waals surface area (Å²) in [4.78, 5) is 20.0. The number of thioether (sulfide) groups is 1. The van der Waals surface area contributed by atoms with Crippen molar-refractivity contribution in [3.63, 3.8) is 0 Å². The van der Waals surface area contributed by atoms with Gasteiger partial charge in [0, 0.05) is 29.6 Å². The molecule has 2 aromatic rings. The Balaban J connectivity index is 0.00000243. The number of hydrogen-bond acceptors (Lipinski definition) is 6. The predicted molar refractivity (Wildman–Crippen MR) is 105 cm³/mol. The number of carbonyl (C=O) groups excluding carboxylic acids is 1. The lowest BCUT2D eigenvalue weighted by Gasteiger charge is -2.38. The summed E-state index contributed by atoms with van der Waals surface area (Å²) >= 11 is 1.61. The molecule has 0 radical (unpaired) electrons. The Kier molecular flexibility index (Phi) is 7.49. The number of benzene rings is 1. The second-order valence-electron chi connectivity index (χ2n) is 6.57. The van der Waals surface area contributed by atoms with E-state index in [4.69, 9.17) is 10.3 Å². The van der Waals surface area contributed by atoms with Crippen LogP contribution in [0.2, 0.25) is 0 Å². The second kappa shape index (κ2) is 9.39. The van der Waals surface area contributed by atoms with E-state index < -0.39 is 0 Å². The van der Waals surface area contributed by atoms with Crippen molar-refractivity contribution >= 4 is 30.1 Å². The van der Waals surface area contributed by atoms with Crippen molar-refractivity contribution in [2.45, 2.75) is 43.4 Å². The quantitative estimate of drug-likeness (QED) is 0.780. The van der Waals surface area contributed by atoms with Crippen molar-refractivity contribution in [3.8, 4) is 0 Å². The number of halogens is 1. The van der Waals surface area contributed by atoms with Gasteiger partial charge in [-0.15, -0.1) is 24.2 Å². The van der Waals surface area contributed by atoms with Crippen LogP contribution >= 0.6 is 24.2 Å². The van der Waals surface area contributed by atoms with E-state index in [-0.39, 0.29) is 24.4 Å². The summed E-state index contributed by atoms with van der Waals surface area (Å²) in [6.45, 7) is 5.33. The lowest BCUT2D eigenvalue weighted by Crippen LogP contribution is -2.49. The van der Waals surface area contributed by atoms with Gasteiger partial charge in [0.2, 0.25) is 5.89 Å². The van der Waals surface area contributed by atoms with Gasteiger partial charge in [-0.25, -0.2) is 0 Å². The minimum absolute atomic E-state index is 0. The molecule has 8 heteroatoms. The summed E-state index contributed by atoms with van der Waals surface area (Å²) < 4.78 is 5.11. The Morgan fingerprint density at radius 2 is 2.12 bits per heavy atom. The molecule has 26 heavy (non-hydrogen) atoms. The van der Waals surface area contributed by atoms with Crippen LogP contribution in [0.3, 0.4) is 0 Å². The molecule has 6 nitrogen and oxygen atoms in total. The monoisotopic (exact) mass is 396 g/mol. The van der Waals surface area contributed by atoms with Crippen molar-refractivity contribution < 1.29 is 9.32 Å². The highest BCUT2D eigenvalue weighted by molar-refractivity contribution is 7.98. The Labute approximate surface area is 164 Å². The maximum atomic E-state index is 12.8. The number of amides is 1. The average Bonchev–Trinajstić information content (AvgIpc) is 3.05. The Hall–Kier alpha value is -1.57. The molecule has 1 saturated heterocycles. The number of nitrogens with zero attached hydrogens (tertiary/aromatic N) is 3. The van der Waals surface area contributed by atoms with Gasteiger partial charge in [0.1, 0.15) is 0 Å². The van der Waals surface area contributed by atoms with Gasteiger partial charge in [-0.2, -0.15) is 4.98 Å². The van der Waals surface area contributed by atoms with Crippen molar-refractivity contribution in [1.29, 1.82) is 0 Å². The molecule has 1 aliphatic heterocycles.